The number of anilines is 1. The van der Waals surface area contributed by atoms with E-state index in [0.717, 1.165) is 36.0 Å². The molecular weight excluding hydrogens is 420 g/mol. The van der Waals surface area contributed by atoms with Crippen LogP contribution in [0.1, 0.15) is 13.8 Å². The lowest BCUT2D eigenvalue weighted by Gasteiger charge is -2.12. The molecule has 0 spiro atoms. The third kappa shape index (κ3) is 4.37. The second-order valence-electron chi connectivity index (χ2n) is 6.75. The van der Waals surface area contributed by atoms with Gasteiger partial charge in [0, 0.05) is 23.5 Å². The lowest BCUT2D eigenvalue weighted by molar-refractivity contribution is 0.776. The average molecular weight is 443 g/mol. The quantitative estimate of drug-likeness (QED) is 0.485. The van der Waals surface area contributed by atoms with Crippen LogP contribution in [0.15, 0.2) is 76.5 Å². The molecule has 0 amide bonds. The first kappa shape index (κ1) is 21.5. The van der Waals surface area contributed by atoms with Crippen LogP contribution in [0.3, 0.4) is 0 Å². The Bertz CT molecular complexity index is 1210. The van der Waals surface area contributed by atoms with Gasteiger partial charge in [0.25, 0.3) is 5.56 Å². The zero-order valence-corrected chi connectivity index (χ0v) is 19.1. The number of thioether (sulfide) groups is 1. The number of allylic oxidation sites excluding steroid dienone is 6. The minimum atomic E-state index is -0.00444. The average Bonchev–Trinajstić information content (AvgIpc) is 3.16. The Morgan fingerprint density at radius 2 is 2.03 bits per heavy atom. The van der Waals surface area contributed by atoms with Gasteiger partial charge in [0.1, 0.15) is 9.56 Å². The molecule has 3 rings (SSSR count). The molecule has 0 saturated heterocycles. The molecule has 0 saturated carbocycles. The minimum absolute atomic E-state index is 0.00444. The Labute approximate surface area is 184 Å². The first-order chi connectivity index (χ1) is 13.9. The molecule has 0 radical (unpaired) electrons. The van der Waals surface area contributed by atoms with Crippen LogP contribution in [-0.4, -0.2) is 11.6 Å². The van der Waals surface area contributed by atoms with Gasteiger partial charge in [-0.05, 0) is 43.7 Å². The van der Waals surface area contributed by atoms with Crippen molar-refractivity contribution in [2.24, 2.45) is 0 Å². The van der Waals surface area contributed by atoms with Crippen LogP contribution in [0.4, 0.5) is 5.69 Å². The van der Waals surface area contributed by atoms with E-state index in [1.54, 1.807) is 28.5 Å². The number of benzene rings is 1. The largest absolute Gasteiger partial charge is 0.337 e. The maximum atomic E-state index is 13.3. The van der Waals surface area contributed by atoms with Gasteiger partial charge in [-0.1, -0.05) is 59.8 Å². The van der Waals surface area contributed by atoms with Crippen LogP contribution in [0.5, 0.6) is 0 Å². The van der Waals surface area contributed by atoms with Crippen molar-refractivity contribution in [1.82, 2.24) is 4.57 Å². The third-order valence-electron chi connectivity index (χ3n) is 4.48. The number of rotatable bonds is 5. The summed E-state index contributed by atoms with van der Waals surface area (Å²) in [5.74, 6) is 0. The van der Waals surface area contributed by atoms with E-state index in [4.69, 9.17) is 11.6 Å². The van der Waals surface area contributed by atoms with Gasteiger partial charge < -0.3 is 4.90 Å². The summed E-state index contributed by atoms with van der Waals surface area (Å²) in [6, 6.07) is 5.80. The van der Waals surface area contributed by atoms with Crippen molar-refractivity contribution < 1.29 is 0 Å². The summed E-state index contributed by atoms with van der Waals surface area (Å²) in [5, 5.41) is 1.61. The number of hydrogen-bond acceptors (Lipinski definition) is 4. The third-order valence-corrected chi connectivity index (χ3v) is 7.20. The highest BCUT2D eigenvalue weighted by molar-refractivity contribution is 8.08. The van der Waals surface area contributed by atoms with Gasteiger partial charge in [0.2, 0.25) is 0 Å². The number of aromatic nitrogens is 1. The molecule has 2 heterocycles. The number of thiazole rings is 1. The molecule has 0 atom stereocenters. The summed E-state index contributed by atoms with van der Waals surface area (Å²) in [6.07, 6.45) is 9.46. The fraction of sp³-hybridized carbons (Fsp3) is 0.174. The van der Waals surface area contributed by atoms with E-state index in [-0.39, 0.29) is 5.56 Å². The van der Waals surface area contributed by atoms with E-state index in [2.05, 4.69) is 33.1 Å². The maximum absolute atomic E-state index is 13.3. The highest BCUT2D eigenvalue weighted by Gasteiger charge is 2.25. The van der Waals surface area contributed by atoms with Gasteiger partial charge in [0.15, 0.2) is 0 Å². The van der Waals surface area contributed by atoms with E-state index in [1.165, 1.54) is 11.3 Å². The van der Waals surface area contributed by atoms with Gasteiger partial charge in [-0.15, -0.1) is 17.9 Å². The Hall–Kier alpha value is -2.21. The van der Waals surface area contributed by atoms with Gasteiger partial charge in [-0.25, -0.2) is 0 Å². The maximum Gasteiger partial charge on any atom is 0.272 e. The Morgan fingerprint density at radius 3 is 2.69 bits per heavy atom. The van der Waals surface area contributed by atoms with Crippen molar-refractivity contribution in [1.29, 1.82) is 0 Å². The first-order valence-corrected chi connectivity index (χ1v) is 11.1. The topological polar surface area (TPSA) is 25.2 Å². The Kier molecular flexibility index (Phi) is 6.73. The molecule has 1 aromatic carbocycles. The Morgan fingerprint density at radius 1 is 1.28 bits per heavy atom. The summed E-state index contributed by atoms with van der Waals surface area (Å²) in [7, 11) is 1.97. The predicted octanol–water partition coefficient (Wildman–Crippen LogP) is 4.92. The van der Waals surface area contributed by atoms with Crippen molar-refractivity contribution in [2.75, 3.05) is 11.9 Å². The van der Waals surface area contributed by atoms with Crippen LogP contribution in [0, 0.1) is 0 Å². The molecule has 0 aliphatic carbocycles. The lowest BCUT2D eigenvalue weighted by atomic mass is 10.1. The second kappa shape index (κ2) is 9.08. The number of fused-ring (bicyclic) bond motifs is 1. The van der Waals surface area contributed by atoms with Gasteiger partial charge in [0.05, 0.1) is 10.4 Å². The highest BCUT2D eigenvalue weighted by atomic mass is 35.5. The van der Waals surface area contributed by atoms with Crippen molar-refractivity contribution >= 4 is 51.5 Å². The van der Waals surface area contributed by atoms with Crippen molar-refractivity contribution in [3.05, 3.63) is 91.4 Å². The molecule has 0 N–H and O–H groups in total. The van der Waals surface area contributed by atoms with Gasteiger partial charge >= 0.3 is 0 Å². The van der Waals surface area contributed by atoms with E-state index >= 15 is 0 Å². The lowest BCUT2D eigenvalue weighted by Crippen LogP contribution is -2.33. The van der Waals surface area contributed by atoms with E-state index in [9.17, 15) is 4.79 Å². The summed E-state index contributed by atoms with van der Waals surface area (Å²) < 4.78 is 3.39. The molecule has 2 aromatic rings. The van der Waals surface area contributed by atoms with Crippen LogP contribution >= 0.6 is 34.7 Å². The molecule has 1 aliphatic heterocycles. The normalized spacial score (nSPS) is 15.7. The highest BCUT2D eigenvalue weighted by Crippen LogP contribution is 2.46. The van der Waals surface area contributed by atoms with Crippen molar-refractivity contribution in [3.63, 3.8) is 0 Å². The summed E-state index contributed by atoms with van der Waals surface area (Å²) in [4.78, 5) is 16.4. The number of hydrogen-bond donors (Lipinski definition) is 0. The molecule has 1 aliphatic rings. The first-order valence-electron chi connectivity index (χ1n) is 9.11. The van der Waals surface area contributed by atoms with Gasteiger partial charge in [-0.2, -0.15) is 0 Å². The van der Waals surface area contributed by atoms with Crippen LogP contribution < -0.4 is 19.7 Å². The van der Waals surface area contributed by atoms with Crippen molar-refractivity contribution in [3.8, 4) is 0 Å². The molecular formula is C23H23ClN2OS2. The van der Waals surface area contributed by atoms with E-state index in [1.807, 2.05) is 42.3 Å². The summed E-state index contributed by atoms with van der Waals surface area (Å²) in [5.41, 5.74) is 3.24. The molecule has 29 heavy (non-hydrogen) atoms. The molecule has 1 aromatic heterocycles. The zero-order chi connectivity index (χ0) is 21.1. The SMILES string of the molecule is C=C/C=C\C(/C=c1\s/c(=C2/Sc3ccc(Cl)cc3N2C)c(=O)n1CC=C)=C(C)C. The monoisotopic (exact) mass is 442 g/mol. The smallest absolute Gasteiger partial charge is 0.272 e. The minimum Gasteiger partial charge on any atom is -0.337 e. The van der Waals surface area contributed by atoms with Crippen molar-refractivity contribution in [2.45, 2.75) is 25.3 Å². The summed E-state index contributed by atoms with van der Waals surface area (Å²) >= 11 is 9.27. The molecule has 0 bridgehead atoms. The van der Waals surface area contributed by atoms with Crippen LogP contribution in [0.25, 0.3) is 11.1 Å². The van der Waals surface area contributed by atoms with E-state index < -0.39 is 0 Å². The fourth-order valence-electron chi connectivity index (χ4n) is 2.95. The predicted molar refractivity (Wildman–Crippen MR) is 129 cm³/mol. The van der Waals surface area contributed by atoms with Crippen LogP contribution in [0.2, 0.25) is 5.02 Å². The van der Waals surface area contributed by atoms with Gasteiger partial charge in [-0.3, -0.25) is 9.36 Å². The zero-order valence-electron chi connectivity index (χ0n) is 16.7. The molecule has 0 unspecified atom stereocenters. The fourth-order valence-corrected chi connectivity index (χ4v) is 5.51. The Balaban J connectivity index is 2.26. The molecule has 150 valence electrons. The van der Waals surface area contributed by atoms with Crippen LogP contribution in [-0.2, 0) is 6.54 Å². The molecule has 3 nitrogen and oxygen atoms in total. The standard InChI is InChI=1S/C23H23ClN2OS2/c1-6-8-9-16(15(3)4)13-20-26(12-7-2)22(27)21(29-20)23-25(5)18-14-17(24)10-11-19(18)28-23/h6-11,13-14H,1-2,12H2,3-5H3/b9-8-,20-13-,23-21+. The molecule has 0 fully saturated rings. The second-order valence-corrected chi connectivity index (χ2v) is 9.24. The molecule has 6 heteroatoms. The number of halogens is 1. The van der Waals surface area contributed by atoms with E-state index in [0.29, 0.717) is 11.6 Å². The summed E-state index contributed by atoms with van der Waals surface area (Å²) in [6.45, 7) is 12.1. The number of nitrogens with zero attached hydrogens (tertiary/aromatic N) is 2.